The van der Waals surface area contributed by atoms with E-state index in [2.05, 4.69) is 21.2 Å². The smallest absolute Gasteiger partial charge is 0.224 e. The second-order valence-corrected chi connectivity index (χ2v) is 6.54. The third kappa shape index (κ3) is 4.42. The first-order chi connectivity index (χ1) is 11.5. The van der Waals surface area contributed by atoms with Crippen LogP contribution < -0.4 is 14.8 Å². The van der Waals surface area contributed by atoms with Crippen molar-refractivity contribution in [3.8, 4) is 11.5 Å². The first-order valence-electron chi connectivity index (χ1n) is 7.41. The van der Waals surface area contributed by atoms with Crippen LogP contribution >= 0.6 is 27.5 Å². The van der Waals surface area contributed by atoms with Crippen molar-refractivity contribution in [2.75, 3.05) is 19.5 Å². The summed E-state index contributed by atoms with van der Waals surface area (Å²) >= 11 is 9.64. The summed E-state index contributed by atoms with van der Waals surface area (Å²) in [7, 11) is 3.10. The van der Waals surface area contributed by atoms with E-state index in [4.69, 9.17) is 21.1 Å². The van der Waals surface area contributed by atoms with Crippen molar-refractivity contribution >= 4 is 39.1 Å². The summed E-state index contributed by atoms with van der Waals surface area (Å²) in [6.45, 7) is 1.95. The van der Waals surface area contributed by atoms with E-state index >= 15 is 0 Å². The van der Waals surface area contributed by atoms with Crippen molar-refractivity contribution < 1.29 is 14.3 Å². The Morgan fingerprint density at radius 2 is 2.00 bits per heavy atom. The molecule has 0 heterocycles. The van der Waals surface area contributed by atoms with Crippen LogP contribution in [0.15, 0.2) is 34.8 Å². The summed E-state index contributed by atoms with van der Waals surface area (Å²) in [6.07, 6.45) is 0.900. The number of carbonyl (C=O) groups is 1. The molecule has 0 unspecified atom stereocenters. The Bertz CT molecular complexity index is 749. The van der Waals surface area contributed by atoms with Gasteiger partial charge >= 0.3 is 0 Å². The van der Waals surface area contributed by atoms with E-state index in [0.29, 0.717) is 29.4 Å². The molecule has 6 heteroatoms. The number of benzene rings is 2. The maximum Gasteiger partial charge on any atom is 0.224 e. The van der Waals surface area contributed by atoms with Gasteiger partial charge in [-0.15, -0.1) is 0 Å². The van der Waals surface area contributed by atoms with Gasteiger partial charge in [0.25, 0.3) is 0 Å². The van der Waals surface area contributed by atoms with Crippen molar-refractivity contribution in [1.29, 1.82) is 0 Å². The lowest BCUT2D eigenvalue weighted by atomic mass is 10.1. The van der Waals surface area contributed by atoms with Crippen molar-refractivity contribution in [2.24, 2.45) is 0 Å². The highest BCUT2D eigenvalue weighted by molar-refractivity contribution is 9.10. The molecule has 2 rings (SSSR count). The molecule has 1 amide bonds. The number of amides is 1. The van der Waals surface area contributed by atoms with Gasteiger partial charge in [-0.25, -0.2) is 0 Å². The molecule has 0 aliphatic rings. The fourth-order valence-corrected chi connectivity index (χ4v) is 3.01. The van der Waals surface area contributed by atoms with Crippen molar-refractivity contribution in [3.05, 3.63) is 51.0 Å². The molecule has 0 aromatic heterocycles. The number of anilines is 1. The summed E-state index contributed by atoms with van der Waals surface area (Å²) in [6, 6.07) is 9.34. The molecule has 0 saturated carbocycles. The van der Waals surface area contributed by atoms with E-state index in [9.17, 15) is 4.79 Å². The van der Waals surface area contributed by atoms with Gasteiger partial charge in [-0.2, -0.15) is 0 Å². The van der Waals surface area contributed by atoms with Gasteiger partial charge in [-0.05, 0) is 48.7 Å². The molecule has 0 aliphatic carbocycles. The zero-order chi connectivity index (χ0) is 17.7. The van der Waals surface area contributed by atoms with Gasteiger partial charge in [0.1, 0.15) is 0 Å². The highest BCUT2D eigenvalue weighted by atomic mass is 79.9. The molecule has 0 spiro atoms. The van der Waals surface area contributed by atoms with Crippen molar-refractivity contribution in [3.63, 3.8) is 0 Å². The lowest BCUT2D eigenvalue weighted by Gasteiger charge is -2.12. The number of aryl methyl sites for hydroxylation is 1. The topological polar surface area (TPSA) is 47.6 Å². The lowest BCUT2D eigenvalue weighted by molar-refractivity contribution is -0.116. The third-order valence-corrected chi connectivity index (χ3v) is 4.82. The zero-order valence-electron chi connectivity index (χ0n) is 13.8. The molecule has 0 atom stereocenters. The van der Waals surface area contributed by atoms with Gasteiger partial charge in [-0.3, -0.25) is 4.79 Å². The average Bonchev–Trinajstić information content (AvgIpc) is 2.56. The average molecular weight is 413 g/mol. The SMILES string of the molecule is COc1cc(CCC(=O)Nc2cccc(Br)c2C)cc(Cl)c1OC. The van der Waals surface area contributed by atoms with Gasteiger partial charge < -0.3 is 14.8 Å². The molecule has 2 aromatic carbocycles. The minimum atomic E-state index is -0.0536. The molecule has 4 nitrogen and oxygen atoms in total. The Morgan fingerprint density at radius 1 is 1.25 bits per heavy atom. The summed E-state index contributed by atoms with van der Waals surface area (Å²) in [5.41, 5.74) is 2.72. The minimum absolute atomic E-state index is 0.0536. The largest absolute Gasteiger partial charge is 0.493 e. The van der Waals surface area contributed by atoms with Gasteiger partial charge in [0.15, 0.2) is 11.5 Å². The predicted octanol–water partition coefficient (Wildman–Crippen LogP) is 5.00. The van der Waals surface area contributed by atoms with Gasteiger partial charge in [0.05, 0.1) is 19.2 Å². The van der Waals surface area contributed by atoms with E-state index in [0.717, 1.165) is 21.3 Å². The van der Waals surface area contributed by atoms with E-state index < -0.39 is 0 Å². The third-order valence-electron chi connectivity index (χ3n) is 3.68. The van der Waals surface area contributed by atoms with Crippen LogP contribution in [0.3, 0.4) is 0 Å². The molecule has 24 heavy (non-hydrogen) atoms. The fourth-order valence-electron chi connectivity index (χ4n) is 2.33. The maximum absolute atomic E-state index is 12.2. The first kappa shape index (κ1) is 18.6. The summed E-state index contributed by atoms with van der Waals surface area (Å²) < 4.78 is 11.4. The van der Waals surface area contributed by atoms with E-state index in [1.807, 2.05) is 31.2 Å². The van der Waals surface area contributed by atoms with Gasteiger partial charge in [-0.1, -0.05) is 33.6 Å². The van der Waals surface area contributed by atoms with Crippen LogP contribution in [0, 0.1) is 6.92 Å². The molecule has 2 aromatic rings. The number of carbonyl (C=O) groups excluding carboxylic acids is 1. The highest BCUT2D eigenvalue weighted by Gasteiger charge is 2.12. The maximum atomic E-state index is 12.2. The van der Waals surface area contributed by atoms with E-state index in [1.54, 1.807) is 13.2 Å². The number of hydrogen-bond acceptors (Lipinski definition) is 3. The van der Waals surface area contributed by atoms with E-state index in [-0.39, 0.29) is 5.91 Å². The predicted molar refractivity (Wildman–Crippen MR) is 100 cm³/mol. The molecule has 0 bridgehead atoms. The second-order valence-electron chi connectivity index (χ2n) is 5.27. The van der Waals surface area contributed by atoms with Crippen LogP contribution in [0.25, 0.3) is 0 Å². The Labute approximate surface area is 155 Å². The zero-order valence-corrected chi connectivity index (χ0v) is 16.1. The van der Waals surface area contributed by atoms with Gasteiger partial charge in [0.2, 0.25) is 5.91 Å². The van der Waals surface area contributed by atoms with Crippen LogP contribution in [0.4, 0.5) is 5.69 Å². The lowest BCUT2D eigenvalue weighted by Crippen LogP contribution is -2.13. The highest BCUT2D eigenvalue weighted by Crippen LogP contribution is 2.36. The summed E-state index contributed by atoms with van der Waals surface area (Å²) in [5, 5.41) is 3.40. The monoisotopic (exact) mass is 411 g/mol. The van der Waals surface area contributed by atoms with Crippen LogP contribution in [0.1, 0.15) is 17.5 Å². The van der Waals surface area contributed by atoms with E-state index in [1.165, 1.54) is 7.11 Å². The molecule has 0 radical (unpaired) electrons. The van der Waals surface area contributed by atoms with Crippen molar-refractivity contribution in [2.45, 2.75) is 19.8 Å². The molecule has 1 N–H and O–H groups in total. The molecule has 0 saturated heterocycles. The number of hydrogen-bond donors (Lipinski definition) is 1. The normalized spacial score (nSPS) is 10.4. The number of ether oxygens (including phenoxy) is 2. The number of rotatable bonds is 6. The first-order valence-corrected chi connectivity index (χ1v) is 8.58. The molecule has 0 fully saturated rings. The number of methoxy groups -OCH3 is 2. The molecule has 0 aliphatic heterocycles. The van der Waals surface area contributed by atoms with Crippen molar-refractivity contribution in [1.82, 2.24) is 0 Å². The Hall–Kier alpha value is -1.72. The Balaban J connectivity index is 2.04. The summed E-state index contributed by atoms with van der Waals surface area (Å²) in [4.78, 5) is 12.2. The quantitative estimate of drug-likeness (QED) is 0.726. The second kappa shape index (κ2) is 8.40. The Morgan fingerprint density at radius 3 is 2.67 bits per heavy atom. The summed E-state index contributed by atoms with van der Waals surface area (Å²) in [5.74, 6) is 1.00. The molecule has 128 valence electrons. The van der Waals surface area contributed by atoms with Crippen LogP contribution in [0.5, 0.6) is 11.5 Å². The van der Waals surface area contributed by atoms with Crippen LogP contribution in [-0.2, 0) is 11.2 Å². The molecular formula is C18H19BrClNO3. The minimum Gasteiger partial charge on any atom is -0.493 e. The number of nitrogens with one attached hydrogen (secondary N) is 1. The van der Waals surface area contributed by atoms with Gasteiger partial charge in [0, 0.05) is 16.6 Å². The molecular weight excluding hydrogens is 394 g/mol. The van der Waals surface area contributed by atoms with Crippen LogP contribution in [-0.4, -0.2) is 20.1 Å². The standard InChI is InChI=1S/C18H19BrClNO3/c1-11-13(19)5-4-6-15(11)21-17(22)8-7-12-9-14(20)18(24-3)16(10-12)23-2/h4-6,9-10H,7-8H2,1-3H3,(H,21,22). The number of halogens is 2. The fraction of sp³-hybridized carbons (Fsp3) is 0.278. The Kier molecular flexibility index (Phi) is 6.52. The van der Waals surface area contributed by atoms with Crippen LogP contribution in [0.2, 0.25) is 5.02 Å².